The number of thioether (sulfide) groups is 1. The van der Waals surface area contributed by atoms with Gasteiger partial charge in [-0.25, -0.2) is 9.79 Å². The molecule has 1 aromatic carbocycles. The number of carbonyl (C=O) groups is 2. The average molecular weight is 483 g/mol. The Morgan fingerprint density at radius 2 is 1.97 bits per heavy atom. The molecular formula is C24H23ClN4O3S. The molecule has 0 spiro atoms. The molecule has 0 fully saturated rings. The van der Waals surface area contributed by atoms with Crippen LogP contribution in [0.15, 0.2) is 76.2 Å². The highest BCUT2D eigenvalue weighted by Crippen LogP contribution is 2.46. The fourth-order valence-corrected chi connectivity index (χ4v) is 4.96. The minimum absolute atomic E-state index is 0.132. The van der Waals surface area contributed by atoms with E-state index < -0.39 is 12.0 Å². The second-order valence-corrected chi connectivity index (χ2v) is 8.69. The summed E-state index contributed by atoms with van der Waals surface area (Å²) in [5, 5.41) is 6.06. The zero-order valence-corrected chi connectivity index (χ0v) is 19.8. The lowest BCUT2D eigenvalue weighted by Gasteiger charge is -2.36. The van der Waals surface area contributed by atoms with Crippen LogP contribution in [0.3, 0.4) is 0 Å². The van der Waals surface area contributed by atoms with Gasteiger partial charge < -0.3 is 15.0 Å². The number of rotatable bonds is 7. The SMILES string of the molecule is CCOC(=O)C1=C(C)N=C2SC=C(CC(=O)NCc3ccncc3)N2[C@@H]1c1ccccc1Cl. The zero-order chi connectivity index (χ0) is 23.4. The van der Waals surface area contributed by atoms with E-state index >= 15 is 0 Å². The number of halogens is 1. The molecule has 0 unspecified atom stereocenters. The Morgan fingerprint density at radius 3 is 2.70 bits per heavy atom. The van der Waals surface area contributed by atoms with Gasteiger partial charge in [-0.15, -0.1) is 0 Å². The lowest BCUT2D eigenvalue weighted by Crippen LogP contribution is -2.38. The van der Waals surface area contributed by atoms with Crippen LogP contribution in [0.1, 0.15) is 37.4 Å². The summed E-state index contributed by atoms with van der Waals surface area (Å²) in [7, 11) is 0. The fraction of sp³-hybridized carbons (Fsp3) is 0.250. The smallest absolute Gasteiger partial charge is 0.338 e. The number of hydrogen-bond donors (Lipinski definition) is 1. The van der Waals surface area contributed by atoms with Crippen molar-refractivity contribution in [2.24, 2.45) is 4.99 Å². The number of aliphatic imine (C=N–C) groups is 1. The van der Waals surface area contributed by atoms with E-state index in [4.69, 9.17) is 16.3 Å². The molecule has 0 radical (unpaired) electrons. The molecule has 33 heavy (non-hydrogen) atoms. The number of amidine groups is 1. The second-order valence-electron chi connectivity index (χ2n) is 7.44. The van der Waals surface area contributed by atoms with E-state index in [1.165, 1.54) is 11.8 Å². The molecule has 9 heteroatoms. The van der Waals surface area contributed by atoms with Crippen LogP contribution in [-0.2, 0) is 20.9 Å². The van der Waals surface area contributed by atoms with Gasteiger partial charge in [-0.2, -0.15) is 0 Å². The molecule has 1 aromatic heterocycles. The monoisotopic (exact) mass is 482 g/mol. The number of nitrogens with one attached hydrogen (secondary N) is 1. The Balaban J connectivity index is 1.62. The highest BCUT2D eigenvalue weighted by molar-refractivity contribution is 8.16. The number of allylic oxidation sites excluding steroid dienone is 1. The van der Waals surface area contributed by atoms with E-state index in [1.807, 2.05) is 40.6 Å². The highest BCUT2D eigenvalue weighted by atomic mass is 35.5. The van der Waals surface area contributed by atoms with Crippen LogP contribution in [0.2, 0.25) is 5.02 Å². The molecular weight excluding hydrogens is 460 g/mol. The van der Waals surface area contributed by atoms with Crippen LogP contribution in [0.4, 0.5) is 0 Å². The molecule has 2 aliphatic heterocycles. The van der Waals surface area contributed by atoms with Crippen LogP contribution >= 0.6 is 23.4 Å². The number of aromatic nitrogens is 1. The first kappa shape index (κ1) is 23.1. The predicted octanol–water partition coefficient (Wildman–Crippen LogP) is 4.58. The minimum Gasteiger partial charge on any atom is -0.463 e. The van der Waals surface area contributed by atoms with Gasteiger partial charge in [0.25, 0.3) is 0 Å². The number of fused-ring (bicyclic) bond motifs is 1. The fourth-order valence-electron chi connectivity index (χ4n) is 3.76. The van der Waals surface area contributed by atoms with E-state index in [2.05, 4.69) is 15.3 Å². The summed E-state index contributed by atoms with van der Waals surface area (Å²) in [6, 6.07) is 10.5. The third-order valence-electron chi connectivity index (χ3n) is 5.28. The Hall–Kier alpha value is -3.10. The topological polar surface area (TPSA) is 83.9 Å². The van der Waals surface area contributed by atoms with Crippen LogP contribution in [0.25, 0.3) is 0 Å². The van der Waals surface area contributed by atoms with Gasteiger partial charge >= 0.3 is 5.97 Å². The third-order valence-corrected chi connectivity index (χ3v) is 6.51. The zero-order valence-electron chi connectivity index (χ0n) is 18.2. The van der Waals surface area contributed by atoms with E-state index in [9.17, 15) is 9.59 Å². The highest BCUT2D eigenvalue weighted by Gasteiger charge is 2.41. The molecule has 1 atom stereocenters. The summed E-state index contributed by atoms with van der Waals surface area (Å²) in [4.78, 5) is 36.3. The van der Waals surface area contributed by atoms with Gasteiger partial charge in [-0.05, 0) is 48.6 Å². The number of carbonyl (C=O) groups excluding carboxylic acids is 2. The van der Waals surface area contributed by atoms with Crippen molar-refractivity contribution in [2.75, 3.05) is 6.61 Å². The summed E-state index contributed by atoms with van der Waals surface area (Å²) in [6.45, 7) is 4.21. The van der Waals surface area contributed by atoms with Gasteiger partial charge in [0.15, 0.2) is 5.17 Å². The van der Waals surface area contributed by atoms with Crippen molar-refractivity contribution in [3.63, 3.8) is 0 Å². The minimum atomic E-state index is -0.542. The van der Waals surface area contributed by atoms with Crippen LogP contribution in [-0.4, -0.2) is 33.5 Å². The van der Waals surface area contributed by atoms with Gasteiger partial charge in [0.05, 0.1) is 30.3 Å². The number of benzene rings is 1. The molecule has 3 heterocycles. The summed E-state index contributed by atoms with van der Waals surface area (Å²) in [5.74, 6) is -0.581. The van der Waals surface area contributed by atoms with Gasteiger partial charge in [0.1, 0.15) is 0 Å². The second kappa shape index (κ2) is 10.2. The van der Waals surface area contributed by atoms with Crippen molar-refractivity contribution in [3.8, 4) is 0 Å². The molecule has 0 saturated carbocycles. The third kappa shape index (κ3) is 4.96. The lowest BCUT2D eigenvalue weighted by molar-refractivity contribution is -0.139. The van der Waals surface area contributed by atoms with Crippen molar-refractivity contribution in [1.29, 1.82) is 0 Å². The van der Waals surface area contributed by atoms with E-state index in [1.54, 1.807) is 32.3 Å². The molecule has 0 saturated heterocycles. The van der Waals surface area contributed by atoms with Crippen LogP contribution < -0.4 is 5.32 Å². The first-order chi connectivity index (χ1) is 16.0. The molecule has 1 N–H and O–H groups in total. The largest absolute Gasteiger partial charge is 0.463 e. The number of amides is 1. The summed E-state index contributed by atoms with van der Waals surface area (Å²) >= 11 is 7.98. The van der Waals surface area contributed by atoms with Crippen molar-refractivity contribution >= 4 is 40.4 Å². The first-order valence-corrected chi connectivity index (χ1v) is 11.8. The summed E-state index contributed by atoms with van der Waals surface area (Å²) in [6.07, 6.45) is 3.51. The van der Waals surface area contributed by atoms with Crippen molar-refractivity contribution < 1.29 is 14.3 Å². The molecule has 4 rings (SSSR count). The average Bonchev–Trinajstić information content (AvgIpc) is 3.20. The van der Waals surface area contributed by atoms with Crippen molar-refractivity contribution in [1.82, 2.24) is 15.2 Å². The molecule has 1 amide bonds. The molecule has 170 valence electrons. The standard InChI is InChI=1S/C24H23ClN4O3S/c1-3-32-23(31)21-15(2)28-24-29(22(21)18-6-4-5-7-19(18)25)17(14-33-24)12-20(30)27-13-16-8-10-26-11-9-16/h4-11,14,22H,3,12-13H2,1-2H3,(H,27,30)/t22-/m1/s1. The molecule has 0 bridgehead atoms. The quantitative estimate of drug-likeness (QED) is 0.581. The van der Waals surface area contributed by atoms with Gasteiger partial charge in [0.2, 0.25) is 5.91 Å². The van der Waals surface area contributed by atoms with Crippen LogP contribution in [0, 0.1) is 0 Å². The van der Waals surface area contributed by atoms with Crippen molar-refractivity contribution in [2.45, 2.75) is 32.9 Å². The van der Waals surface area contributed by atoms with E-state index in [-0.39, 0.29) is 18.9 Å². The number of hydrogen-bond acceptors (Lipinski definition) is 7. The van der Waals surface area contributed by atoms with E-state index in [0.717, 1.165) is 16.8 Å². The number of pyridine rings is 1. The number of esters is 1. The number of ether oxygens (including phenoxy) is 1. The maximum Gasteiger partial charge on any atom is 0.338 e. The Bertz CT molecular complexity index is 1160. The van der Waals surface area contributed by atoms with Gasteiger partial charge in [0, 0.05) is 29.7 Å². The maximum atomic E-state index is 13.0. The molecule has 7 nitrogen and oxygen atoms in total. The lowest BCUT2D eigenvalue weighted by atomic mass is 9.93. The molecule has 0 aliphatic carbocycles. The molecule has 2 aromatic rings. The Kier molecular flexibility index (Phi) is 7.15. The maximum absolute atomic E-state index is 13.0. The predicted molar refractivity (Wildman–Crippen MR) is 129 cm³/mol. The van der Waals surface area contributed by atoms with Gasteiger partial charge in [-0.3, -0.25) is 9.78 Å². The normalized spacial score (nSPS) is 17.3. The first-order valence-electron chi connectivity index (χ1n) is 10.5. The van der Waals surface area contributed by atoms with Crippen LogP contribution in [0.5, 0.6) is 0 Å². The molecule has 2 aliphatic rings. The summed E-state index contributed by atoms with van der Waals surface area (Å²) in [5.41, 5.74) is 3.45. The Morgan fingerprint density at radius 1 is 1.21 bits per heavy atom. The van der Waals surface area contributed by atoms with Gasteiger partial charge in [-0.1, -0.05) is 41.6 Å². The van der Waals surface area contributed by atoms with E-state index in [0.29, 0.717) is 28.0 Å². The number of nitrogens with zero attached hydrogens (tertiary/aromatic N) is 3. The Labute approximate surface area is 201 Å². The van der Waals surface area contributed by atoms with Crippen molar-refractivity contribution in [3.05, 3.63) is 87.3 Å². The summed E-state index contributed by atoms with van der Waals surface area (Å²) < 4.78 is 5.35.